The Balaban J connectivity index is 3.15. The molecule has 3 N–H and O–H groups in total. The first-order valence-corrected chi connectivity index (χ1v) is 3.37. The molecule has 2 amide bonds. The minimum absolute atomic E-state index is 0.0188. The number of nitrogens with one attached hydrogen (secondary N) is 2. The molecule has 0 aromatic carbocycles. The molecule has 0 radical (unpaired) electrons. The second-order valence-corrected chi connectivity index (χ2v) is 1.88. The van der Waals surface area contributed by atoms with Crippen molar-refractivity contribution in [2.75, 3.05) is 19.7 Å². The molecule has 0 aliphatic carbocycles. The van der Waals surface area contributed by atoms with Gasteiger partial charge in [0.05, 0.1) is 6.54 Å². The van der Waals surface area contributed by atoms with Crippen molar-refractivity contribution in [2.24, 2.45) is 0 Å². The highest BCUT2D eigenvalue weighted by molar-refractivity contribution is 5.76. The Morgan fingerprint density at radius 2 is 2.18 bits per heavy atom. The number of aldehydes is 1. The van der Waals surface area contributed by atoms with Gasteiger partial charge in [0.25, 0.3) is 0 Å². The summed E-state index contributed by atoms with van der Waals surface area (Å²) in [5.74, 6) is 0. The second kappa shape index (κ2) is 7.01. The van der Waals surface area contributed by atoms with E-state index in [2.05, 4.69) is 10.6 Å². The summed E-state index contributed by atoms with van der Waals surface area (Å²) in [6.07, 6.45) is 1.13. The minimum atomic E-state index is -0.384. The van der Waals surface area contributed by atoms with Gasteiger partial charge in [0, 0.05) is 13.2 Å². The van der Waals surface area contributed by atoms with E-state index in [0.29, 0.717) is 19.3 Å². The van der Waals surface area contributed by atoms with E-state index in [-0.39, 0.29) is 19.2 Å². The molecule has 5 heteroatoms. The van der Waals surface area contributed by atoms with Crippen LogP contribution in [0.15, 0.2) is 0 Å². The Kier molecular flexibility index (Phi) is 6.31. The Hall–Kier alpha value is -1.10. The number of urea groups is 1. The van der Waals surface area contributed by atoms with Crippen LogP contribution >= 0.6 is 0 Å². The van der Waals surface area contributed by atoms with Crippen LogP contribution in [0, 0.1) is 0 Å². The smallest absolute Gasteiger partial charge is 0.315 e. The van der Waals surface area contributed by atoms with Gasteiger partial charge in [0.1, 0.15) is 6.29 Å². The van der Waals surface area contributed by atoms with Gasteiger partial charge < -0.3 is 20.5 Å². The number of carbonyl (C=O) groups excluding carboxylic acids is 2. The summed E-state index contributed by atoms with van der Waals surface area (Å²) in [7, 11) is 0. The van der Waals surface area contributed by atoms with Crippen molar-refractivity contribution in [3.63, 3.8) is 0 Å². The molecule has 11 heavy (non-hydrogen) atoms. The normalized spacial score (nSPS) is 8.82. The zero-order valence-corrected chi connectivity index (χ0v) is 6.17. The van der Waals surface area contributed by atoms with E-state index in [1.807, 2.05) is 0 Å². The molecular weight excluding hydrogens is 148 g/mol. The standard InChI is InChI=1S/C6H12N2O3/c9-4-1-2-7-6(11)8-3-5-10/h5,9H,1-4H2,(H2,7,8,11). The minimum Gasteiger partial charge on any atom is -0.396 e. The summed E-state index contributed by atoms with van der Waals surface area (Å²) < 4.78 is 0. The third-order valence-electron chi connectivity index (χ3n) is 0.966. The molecule has 64 valence electrons. The molecule has 0 atom stereocenters. The average Bonchev–Trinajstić information content (AvgIpc) is 2.01. The first-order chi connectivity index (χ1) is 5.31. The molecule has 0 fully saturated rings. The Morgan fingerprint density at radius 1 is 1.45 bits per heavy atom. The van der Waals surface area contributed by atoms with Crippen LogP contribution < -0.4 is 10.6 Å². The fraction of sp³-hybridized carbons (Fsp3) is 0.667. The maximum atomic E-state index is 10.6. The van der Waals surface area contributed by atoms with Gasteiger partial charge in [-0.15, -0.1) is 0 Å². The summed E-state index contributed by atoms with van der Waals surface area (Å²) in [5, 5.41) is 13.1. The molecular formula is C6H12N2O3. The number of hydrogen-bond acceptors (Lipinski definition) is 3. The van der Waals surface area contributed by atoms with E-state index in [1.54, 1.807) is 0 Å². The van der Waals surface area contributed by atoms with Crippen LogP contribution in [0.25, 0.3) is 0 Å². The van der Waals surface area contributed by atoms with Gasteiger partial charge in [-0.3, -0.25) is 0 Å². The maximum absolute atomic E-state index is 10.6. The number of hydrogen-bond donors (Lipinski definition) is 3. The molecule has 0 aromatic heterocycles. The molecule has 0 saturated carbocycles. The van der Waals surface area contributed by atoms with Crippen LogP contribution in [-0.4, -0.2) is 37.1 Å². The summed E-state index contributed by atoms with van der Waals surface area (Å²) in [6.45, 7) is 0.486. The number of carbonyl (C=O) groups is 2. The monoisotopic (exact) mass is 160 g/mol. The SMILES string of the molecule is O=CCNC(=O)NCCCO. The highest BCUT2D eigenvalue weighted by atomic mass is 16.3. The van der Waals surface area contributed by atoms with Crippen molar-refractivity contribution in [1.82, 2.24) is 10.6 Å². The maximum Gasteiger partial charge on any atom is 0.315 e. The molecule has 0 aromatic rings. The zero-order valence-electron chi connectivity index (χ0n) is 6.17. The van der Waals surface area contributed by atoms with Crippen molar-refractivity contribution in [3.05, 3.63) is 0 Å². The Morgan fingerprint density at radius 3 is 2.73 bits per heavy atom. The molecule has 0 heterocycles. The van der Waals surface area contributed by atoms with E-state index < -0.39 is 0 Å². The quantitative estimate of drug-likeness (QED) is 0.351. The van der Waals surface area contributed by atoms with Crippen molar-refractivity contribution >= 4 is 12.3 Å². The summed E-state index contributed by atoms with van der Waals surface area (Å²) in [6, 6.07) is -0.384. The van der Waals surface area contributed by atoms with E-state index >= 15 is 0 Å². The van der Waals surface area contributed by atoms with Gasteiger partial charge in [-0.1, -0.05) is 0 Å². The van der Waals surface area contributed by atoms with Crippen molar-refractivity contribution in [2.45, 2.75) is 6.42 Å². The van der Waals surface area contributed by atoms with Crippen molar-refractivity contribution in [1.29, 1.82) is 0 Å². The van der Waals surface area contributed by atoms with Gasteiger partial charge in [-0.25, -0.2) is 4.79 Å². The van der Waals surface area contributed by atoms with Crippen molar-refractivity contribution < 1.29 is 14.7 Å². The molecule has 0 rings (SSSR count). The van der Waals surface area contributed by atoms with Crippen molar-refractivity contribution in [3.8, 4) is 0 Å². The lowest BCUT2D eigenvalue weighted by molar-refractivity contribution is -0.107. The average molecular weight is 160 g/mol. The Labute approximate surface area is 64.8 Å². The zero-order chi connectivity index (χ0) is 8.53. The summed E-state index contributed by atoms with van der Waals surface area (Å²) in [4.78, 5) is 20.4. The molecule has 0 aliphatic rings. The summed E-state index contributed by atoms with van der Waals surface area (Å²) in [5.41, 5.74) is 0. The molecule has 0 spiro atoms. The predicted octanol–water partition coefficient (Wildman–Crippen LogP) is -1.13. The molecule has 0 saturated heterocycles. The van der Waals surface area contributed by atoms with E-state index in [4.69, 9.17) is 5.11 Å². The molecule has 0 bridgehead atoms. The lowest BCUT2D eigenvalue weighted by Crippen LogP contribution is -2.37. The van der Waals surface area contributed by atoms with Crippen LogP contribution in [0.5, 0.6) is 0 Å². The van der Waals surface area contributed by atoms with Crippen LogP contribution in [0.3, 0.4) is 0 Å². The van der Waals surface area contributed by atoms with Gasteiger partial charge in [0.15, 0.2) is 0 Å². The highest BCUT2D eigenvalue weighted by Gasteiger charge is 1.95. The fourth-order valence-corrected chi connectivity index (χ4v) is 0.478. The van der Waals surface area contributed by atoms with Crippen LogP contribution in [0.2, 0.25) is 0 Å². The number of aliphatic hydroxyl groups excluding tert-OH is 1. The lowest BCUT2D eigenvalue weighted by Gasteiger charge is -2.02. The van der Waals surface area contributed by atoms with E-state index in [0.717, 1.165) is 0 Å². The first kappa shape index (κ1) is 9.90. The third kappa shape index (κ3) is 6.79. The highest BCUT2D eigenvalue weighted by Crippen LogP contribution is 1.71. The topological polar surface area (TPSA) is 78.4 Å². The number of rotatable bonds is 5. The van der Waals surface area contributed by atoms with Crippen LogP contribution in [0.4, 0.5) is 4.79 Å². The predicted molar refractivity (Wildman–Crippen MR) is 39.2 cm³/mol. The van der Waals surface area contributed by atoms with E-state index in [9.17, 15) is 9.59 Å². The number of aliphatic hydroxyl groups is 1. The first-order valence-electron chi connectivity index (χ1n) is 3.37. The van der Waals surface area contributed by atoms with Crippen LogP contribution in [-0.2, 0) is 4.79 Å². The molecule has 5 nitrogen and oxygen atoms in total. The van der Waals surface area contributed by atoms with Gasteiger partial charge in [0.2, 0.25) is 0 Å². The lowest BCUT2D eigenvalue weighted by atomic mass is 10.4. The summed E-state index contributed by atoms with van der Waals surface area (Å²) >= 11 is 0. The Bertz CT molecular complexity index is 127. The molecule has 0 aliphatic heterocycles. The second-order valence-electron chi connectivity index (χ2n) is 1.88. The largest absolute Gasteiger partial charge is 0.396 e. The third-order valence-corrected chi connectivity index (χ3v) is 0.966. The molecule has 0 unspecified atom stereocenters. The number of amides is 2. The van der Waals surface area contributed by atoms with Crippen LogP contribution in [0.1, 0.15) is 6.42 Å². The fourth-order valence-electron chi connectivity index (χ4n) is 0.478. The van der Waals surface area contributed by atoms with E-state index in [1.165, 1.54) is 0 Å². The van der Waals surface area contributed by atoms with Gasteiger partial charge >= 0.3 is 6.03 Å². The van der Waals surface area contributed by atoms with Gasteiger partial charge in [-0.2, -0.15) is 0 Å². The van der Waals surface area contributed by atoms with Gasteiger partial charge in [-0.05, 0) is 6.42 Å².